The predicted molar refractivity (Wildman–Crippen MR) is 84.0 cm³/mol. The molecule has 1 aliphatic rings. The third kappa shape index (κ3) is 2.91. The van der Waals surface area contributed by atoms with E-state index in [1.165, 1.54) is 0 Å². The average Bonchev–Trinajstić information content (AvgIpc) is 2.49. The number of para-hydroxylation sites is 1. The van der Waals surface area contributed by atoms with E-state index in [2.05, 4.69) is 0 Å². The van der Waals surface area contributed by atoms with Crippen molar-refractivity contribution < 1.29 is 9.53 Å². The first-order chi connectivity index (χ1) is 10.2. The number of carbonyl (C=O) groups is 1. The number of nitrogens with zero attached hydrogens (tertiary/aromatic N) is 1. The Kier molecular flexibility index (Phi) is 4.15. The number of halogens is 2. The van der Waals surface area contributed by atoms with E-state index < -0.39 is 0 Å². The average molecular weight is 322 g/mol. The molecular weight excluding hydrogens is 309 g/mol. The molecule has 1 saturated heterocycles. The molecule has 0 aliphatic carbocycles. The number of anilines is 1. The highest BCUT2D eigenvalue weighted by Gasteiger charge is 2.32. The summed E-state index contributed by atoms with van der Waals surface area (Å²) < 4.78 is 5.40. The van der Waals surface area contributed by atoms with Crippen LogP contribution in [-0.4, -0.2) is 19.1 Å². The summed E-state index contributed by atoms with van der Waals surface area (Å²) in [7, 11) is 0. The lowest BCUT2D eigenvalue weighted by molar-refractivity contribution is -0.127. The highest BCUT2D eigenvalue weighted by molar-refractivity contribution is 6.33. The van der Waals surface area contributed by atoms with Gasteiger partial charge in [0, 0.05) is 5.02 Å². The maximum absolute atomic E-state index is 12.3. The standard InChI is InChI=1S/C16H13Cl2NO2/c17-12-7-5-11(6-8-12)15-9-21-10-16(20)19(15)14-4-2-1-3-13(14)18/h1-8,15H,9-10H2. The summed E-state index contributed by atoms with van der Waals surface area (Å²) in [6.07, 6.45) is 0. The first kappa shape index (κ1) is 14.4. The minimum Gasteiger partial charge on any atom is -0.369 e. The molecule has 1 unspecified atom stereocenters. The Hall–Kier alpha value is -1.55. The van der Waals surface area contributed by atoms with Gasteiger partial charge in [-0.1, -0.05) is 47.5 Å². The molecule has 0 saturated carbocycles. The van der Waals surface area contributed by atoms with Gasteiger partial charge >= 0.3 is 0 Å². The van der Waals surface area contributed by atoms with Crippen LogP contribution in [0.1, 0.15) is 11.6 Å². The smallest absolute Gasteiger partial charge is 0.253 e. The molecule has 0 bridgehead atoms. The molecule has 1 fully saturated rings. The number of carbonyl (C=O) groups excluding carboxylic acids is 1. The molecule has 3 nitrogen and oxygen atoms in total. The summed E-state index contributed by atoms with van der Waals surface area (Å²) in [5.74, 6) is -0.103. The van der Waals surface area contributed by atoms with Crippen LogP contribution in [0.3, 0.4) is 0 Å². The Morgan fingerprint density at radius 1 is 1.05 bits per heavy atom. The van der Waals surface area contributed by atoms with Crippen LogP contribution in [0.2, 0.25) is 10.0 Å². The van der Waals surface area contributed by atoms with Crippen LogP contribution in [-0.2, 0) is 9.53 Å². The van der Waals surface area contributed by atoms with Crippen LogP contribution in [0.4, 0.5) is 5.69 Å². The largest absolute Gasteiger partial charge is 0.369 e. The van der Waals surface area contributed by atoms with E-state index in [0.29, 0.717) is 22.3 Å². The minimum atomic E-state index is -0.205. The Morgan fingerprint density at radius 2 is 1.76 bits per heavy atom. The van der Waals surface area contributed by atoms with Gasteiger partial charge in [0.2, 0.25) is 0 Å². The van der Waals surface area contributed by atoms with Crippen LogP contribution in [0.15, 0.2) is 48.5 Å². The van der Waals surface area contributed by atoms with Crippen LogP contribution in [0, 0.1) is 0 Å². The molecule has 0 aromatic heterocycles. The predicted octanol–water partition coefficient (Wildman–Crippen LogP) is 4.10. The summed E-state index contributed by atoms with van der Waals surface area (Å²) in [5.41, 5.74) is 1.67. The first-order valence-electron chi connectivity index (χ1n) is 6.56. The van der Waals surface area contributed by atoms with Crippen molar-refractivity contribution in [2.45, 2.75) is 6.04 Å². The van der Waals surface area contributed by atoms with Crippen molar-refractivity contribution in [3.8, 4) is 0 Å². The molecule has 21 heavy (non-hydrogen) atoms. The lowest BCUT2D eigenvalue weighted by Gasteiger charge is -2.36. The van der Waals surface area contributed by atoms with Gasteiger partial charge in [0.25, 0.3) is 5.91 Å². The molecule has 1 heterocycles. The number of morpholine rings is 1. The molecule has 2 aromatic carbocycles. The van der Waals surface area contributed by atoms with Crippen molar-refractivity contribution in [3.63, 3.8) is 0 Å². The zero-order valence-corrected chi connectivity index (χ0v) is 12.6. The van der Waals surface area contributed by atoms with E-state index in [-0.39, 0.29) is 18.6 Å². The zero-order chi connectivity index (χ0) is 14.8. The number of hydrogen-bond donors (Lipinski definition) is 0. The molecule has 0 N–H and O–H groups in total. The second kappa shape index (κ2) is 6.06. The van der Waals surface area contributed by atoms with Gasteiger partial charge in [-0.2, -0.15) is 0 Å². The van der Waals surface area contributed by atoms with Crippen LogP contribution in [0.5, 0.6) is 0 Å². The Labute approximate surface area is 133 Å². The molecule has 1 amide bonds. The van der Waals surface area contributed by atoms with Gasteiger partial charge in [0.05, 0.1) is 23.4 Å². The van der Waals surface area contributed by atoms with Crippen LogP contribution in [0.25, 0.3) is 0 Å². The van der Waals surface area contributed by atoms with E-state index in [0.717, 1.165) is 5.56 Å². The quantitative estimate of drug-likeness (QED) is 0.833. The normalized spacial score (nSPS) is 18.9. The van der Waals surface area contributed by atoms with Crippen molar-refractivity contribution in [2.24, 2.45) is 0 Å². The first-order valence-corrected chi connectivity index (χ1v) is 7.32. The Bertz CT molecular complexity index is 658. The third-order valence-corrected chi connectivity index (χ3v) is 4.02. The topological polar surface area (TPSA) is 29.5 Å². The number of amides is 1. The fraction of sp³-hybridized carbons (Fsp3) is 0.188. The van der Waals surface area contributed by atoms with E-state index in [9.17, 15) is 4.79 Å². The molecule has 5 heteroatoms. The van der Waals surface area contributed by atoms with Crippen LogP contribution < -0.4 is 4.90 Å². The Balaban J connectivity index is 2.03. The third-order valence-electron chi connectivity index (χ3n) is 3.45. The zero-order valence-electron chi connectivity index (χ0n) is 11.1. The van der Waals surface area contributed by atoms with Gasteiger partial charge in [-0.3, -0.25) is 9.69 Å². The molecule has 108 valence electrons. The minimum absolute atomic E-state index is 0.0648. The van der Waals surface area contributed by atoms with Crippen molar-refractivity contribution in [2.75, 3.05) is 18.1 Å². The number of ether oxygens (including phenoxy) is 1. The second-order valence-electron chi connectivity index (χ2n) is 4.80. The molecule has 1 atom stereocenters. The molecule has 0 radical (unpaired) electrons. The van der Waals surface area contributed by atoms with Gasteiger partial charge in [0.15, 0.2) is 0 Å². The van der Waals surface area contributed by atoms with Crippen molar-refractivity contribution in [3.05, 3.63) is 64.1 Å². The summed E-state index contributed by atoms with van der Waals surface area (Å²) in [6, 6.07) is 14.5. The Morgan fingerprint density at radius 3 is 2.48 bits per heavy atom. The van der Waals surface area contributed by atoms with E-state index in [4.69, 9.17) is 27.9 Å². The number of hydrogen-bond acceptors (Lipinski definition) is 2. The van der Waals surface area contributed by atoms with Gasteiger partial charge in [-0.05, 0) is 29.8 Å². The monoisotopic (exact) mass is 321 g/mol. The molecule has 3 rings (SSSR count). The highest BCUT2D eigenvalue weighted by Crippen LogP contribution is 2.35. The SMILES string of the molecule is O=C1COCC(c2ccc(Cl)cc2)N1c1ccccc1Cl. The van der Waals surface area contributed by atoms with Crippen molar-refractivity contribution in [1.82, 2.24) is 0 Å². The van der Waals surface area contributed by atoms with E-state index in [1.54, 1.807) is 23.1 Å². The molecular formula is C16H13Cl2NO2. The second-order valence-corrected chi connectivity index (χ2v) is 5.64. The van der Waals surface area contributed by atoms with Gasteiger partial charge in [0.1, 0.15) is 6.61 Å². The lowest BCUT2D eigenvalue weighted by atomic mass is 10.0. The summed E-state index contributed by atoms with van der Waals surface area (Å²) in [6.45, 7) is 0.494. The van der Waals surface area contributed by atoms with Gasteiger partial charge < -0.3 is 4.74 Å². The van der Waals surface area contributed by atoms with Crippen molar-refractivity contribution in [1.29, 1.82) is 0 Å². The molecule has 1 aliphatic heterocycles. The van der Waals surface area contributed by atoms with E-state index in [1.807, 2.05) is 30.3 Å². The fourth-order valence-corrected chi connectivity index (χ4v) is 2.81. The summed E-state index contributed by atoms with van der Waals surface area (Å²) in [5, 5.41) is 1.21. The van der Waals surface area contributed by atoms with Crippen LogP contribution >= 0.6 is 23.2 Å². The van der Waals surface area contributed by atoms with Gasteiger partial charge in [-0.25, -0.2) is 0 Å². The van der Waals surface area contributed by atoms with E-state index >= 15 is 0 Å². The van der Waals surface area contributed by atoms with Crippen molar-refractivity contribution >= 4 is 34.8 Å². The highest BCUT2D eigenvalue weighted by atomic mass is 35.5. The maximum Gasteiger partial charge on any atom is 0.253 e. The number of benzene rings is 2. The molecule has 2 aromatic rings. The lowest BCUT2D eigenvalue weighted by Crippen LogP contribution is -2.44. The maximum atomic E-state index is 12.3. The molecule has 0 spiro atoms. The van der Waals surface area contributed by atoms with Gasteiger partial charge in [-0.15, -0.1) is 0 Å². The number of rotatable bonds is 2. The summed E-state index contributed by atoms with van der Waals surface area (Å²) >= 11 is 12.2. The fourth-order valence-electron chi connectivity index (χ4n) is 2.46. The summed E-state index contributed by atoms with van der Waals surface area (Å²) in [4.78, 5) is 14.0.